The molecule has 0 saturated heterocycles. The molecule has 0 fully saturated rings. The van der Waals surface area contributed by atoms with Gasteiger partial charge in [-0.3, -0.25) is 0 Å². The number of fused-ring (bicyclic) bond motifs is 8. The second kappa shape index (κ2) is 14.1. The fourth-order valence-corrected chi connectivity index (χ4v) is 10.3. The van der Waals surface area contributed by atoms with Gasteiger partial charge in [0.05, 0.1) is 22.0 Å². The molecule has 0 amide bonds. The van der Waals surface area contributed by atoms with Gasteiger partial charge in [0.2, 0.25) is 0 Å². The summed E-state index contributed by atoms with van der Waals surface area (Å²) in [6.45, 7) is 0. The number of benzene rings is 9. The molecule has 12 rings (SSSR count). The summed E-state index contributed by atoms with van der Waals surface area (Å²) in [6, 6.07) is 89.0. The van der Waals surface area contributed by atoms with Crippen molar-refractivity contribution in [2.24, 2.45) is 0 Å². The molecule has 61 heavy (non-hydrogen) atoms. The number of hydrogen-bond donors (Lipinski definition) is 0. The minimum Gasteiger partial charge on any atom is -0.310 e. The minimum atomic E-state index is -0.494. The number of para-hydroxylation sites is 2. The summed E-state index contributed by atoms with van der Waals surface area (Å²) >= 11 is 0. The molecule has 2 heterocycles. The van der Waals surface area contributed by atoms with Crippen molar-refractivity contribution in [3.8, 4) is 33.4 Å². The van der Waals surface area contributed by atoms with Gasteiger partial charge in [-0.2, -0.15) is 0 Å². The molecule has 2 heteroatoms. The van der Waals surface area contributed by atoms with Crippen LogP contribution in [0, 0.1) is 0 Å². The Morgan fingerprint density at radius 3 is 1.62 bits per heavy atom. The Morgan fingerprint density at radius 1 is 0.311 bits per heavy atom. The highest BCUT2D eigenvalue weighted by Crippen LogP contribution is 2.57. The Hall–Kier alpha value is -7.94. The van der Waals surface area contributed by atoms with Crippen LogP contribution in [0.15, 0.2) is 243 Å². The van der Waals surface area contributed by atoms with Crippen LogP contribution >= 0.6 is 0 Å². The second-order valence-electron chi connectivity index (χ2n) is 16.0. The van der Waals surface area contributed by atoms with Gasteiger partial charge in [-0.25, -0.2) is 0 Å². The van der Waals surface area contributed by atoms with E-state index in [1.165, 1.54) is 83.0 Å². The van der Waals surface area contributed by atoms with E-state index in [1.54, 1.807) is 0 Å². The van der Waals surface area contributed by atoms with Crippen LogP contribution in [0.2, 0.25) is 0 Å². The Labute approximate surface area is 355 Å². The van der Waals surface area contributed by atoms with E-state index in [1.807, 2.05) is 0 Å². The van der Waals surface area contributed by atoms with Crippen LogP contribution in [0.5, 0.6) is 0 Å². The molecule has 1 aliphatic carbocycles. The summed E-state index contributed by atoms with van der Waals surface area (Å²) in [4.78, 5) is 2.42. The van der Waals surface area contributed by atoms with Gasteiger partial charge in [-0.1, -0.05) is 188 Å². The minimum absolute atomic E-state index is 0.494. The quantitative estimate of drug-likeness (QED) is 0.156. The maximum Gasteiger partial charge on any atom is 0.0714 e. The molecule has 0 atom stereocenters. The van der Waals surface area contributed by atoms with Crippen LogP contribution in [0.25, 0.3) is 60.7 Å². The van der Waals surface area contributed by atoms with E-state index in [0.29, 0.717) is 0 Å². The molecule has 0 saturated carbocycles. The standard InChI is InChI=1S/C59H40N2/c1-5-19-41(20-6-1)58-52-30-14-16-33-56(52)61-55-34-18-31-48(51(55)37-38-57(58)61)42-21-17-28-46(39-42)60(45-26-11-4-12-27-45)47-35-36-50-49-29-13-15-32-53(49)59(54(50)40-47,43-22-7-2-8-23-43)44-24-9-3-10-25-44/h1-40H. The highest BCUT2D eigenvalue weighted by Gasteiger charge is 2.46. The SMILES string of the molecule is c1ccc(-c2c3ccccc3n3c2ccc2c(-c4cccc(N(c5ccccc5)c5ccc6c(c5)C(c5ccccc5)(c5ccccc5)c5ccccc5-6)c4)cccc23)cc1. The molecule has 0 bridgehead atoms. The number of pyridine rings is 1. The molecule has 0 N–H and O–H groups in total. The lowest BCUT2D eigenvalue weighted by Gasteiger charge is -2.35. The largest absolute Gasteiger partial charge is 0.310 e. The lowest BCUT2D eigenvalue weighted by molar-refractivity contribution is 0.768. The van der Waals surface area contributed by atoms with E-state index in [2.05, 4.69) is 252 Å². The lowest BCUT2D eigenvalue weighted by Crippen LogP contribution is -2.28. The Kier molecular flexibility index (Phi) is 8.11. The average Bonchev–Trinajstić information content (AvgIpc) is 3.84. The maximum atomic E-state index is 2.45. The molecular formula is C59H40N2. The van der Waals surface area contributed by atoms with Crippen molar-refractivity contribution in [2.45, 2.75) is 5.41 Å². The van der Waals surface area contributed by atoms with E-state index in [-0.39, 0.29) is 0 Å². The Bertz CT molecular complexity index is 3360. The average molecular weight is 777 g/mol. The normalized spacial score (nSPS) is 12.7. The van der Waals surface area contributed by atoms with Crippen LogP contribution in [0.3, 0.4) is 0 Å². The smallest absolute Gasteiger partial charge is 0.0714 e. The molecule has 0 unspecified atom stereocenters. The van der Waals surface area contributed by atoms with Gasteiger partial charge in [-0.15, -0.1) is 0 Å². The van der Waals surface area contributed by atoms with Gasteiger partial charge in [0.15, 0.2) is 0 Å². The maximum absolute atomic E-state index is 2.45. The van der Waals surface area contributed by atoms with E-state index >= 15 is 0 Å². The summed E-state index contributed by atoms with van der Waals surface area (Å²) < 4.78 is 2.45. The molecule has 2 nitrogen and oxygen atoms in total. The van der Waals surface area contributed by atoms with Gasteiger partial charge in [0, 0.05) is 33.4 Å². The Balaban J connectivity index is 1.05. The third-order valence-electron chi connectivity index (χ3n) is 12.8. The topological polar surface area (TPSA) is 7.65 Å². The zero-order chi connectivity index (χ0) is 40.3. The zero-order valence-corrected chi connectivity index (χ0v) is 33.5. The lowest BCUT2D eigenvalue weighted by atomic mass is 9.67. The molecule has 1 aliphatic rings. The summed E-state index contributed by atoms with van der Waals surface area (Å²) in [5, 5.41) is 2.47. The molecular weight excluding hydrogens is 737 g/mol. The van der Waals surface area contributed by atoms with Crippen molar-refractivity contribution < 1.29 is 0 Å². The van der Waals surface area contributed by atoms with Gasteiger partial charge in [0.1, 0.15) is 0 Å². The second-order valence-corrected chi connectivity index (χ2v) is 16.0. The van der Waals surface area contributed by atoms with Gasteiger partial charge < -0.3 is 9.30 Å². The number of anilines is 3. The molecule has 11 aromatic rings. The van der Waals surface area contributed by atoms with Crippen LogP contribution in [0.1, 0.15) is 22.3 Å². The summed E-state index contributed by atoms with van der Waals surface area (Å²) in [5.74, 6) is 0. The van der Waals surface area contributed by atoms with Gasteiger partial charge >= 0.3 is 0 Å². The number of aromatic nitrogens is 1. The monoisotopic (exact) mass is 776 g/mol. The zero-order valence-electron chi connectivity index (χ0n) is 33.5. The van der Waals surface area contributed by atoms with Crippen LogP contribution in [0.4, 0.5) is 17.1 Å². The van der Waals surface area contributed by atoms with Crippen molar-refractivity contribution in [3.63, 3.8) is 0 Å². The van der Waals surface area contributed by atoms with Crippen LogP contribution in [-0.4, -0.2) is 4.40 Å². The van der Waals surface area contributed by atoms with Crippen molar-refractivity contribution in [1.29, 1.82) is 0 Å². The predicted molar refractivity (Wildman–Crippen MR) is 255 cm³/mol. The van der Waals surface area contributed by atoms with Gasteiger partial charge in [-0.05, 0) is 105 Å². The Morgan fingerprint density at radius 2 is 0.852 bits per heavy atom. The first kappa shape index (κ1) is 35.0. The molecule has 9 aromatic carbocycles. The van der Waals surface area contributed by atoms with E-state index in [9.17, 15) is 0 Å². The highest BCUT2D eigenvalue weighted by atomic mass is 15.1. The van der Waals surface area contributed by atoms with Crippen molar-refractivity contribution in [3.05, 3.63) is 265 Å². The summed E-state index contributed by atoms with van der Waals surface area (Å²) in [6.07, 6.45) is 0. The molecule has 0 spiro atoms. The molecule has 2 aromatic heterocycles. The van der Waals surface area contributed by atoms with E-state index in [0.717, 1.165) is 17.1 Å². The number of rotatable bonds is 7. The van der Waals surface area contributed by atoms with Crippen molar-refractivity contribution in [1.82, 2.24) is 4.40 Å². The first-order valence-corrected chi connectivity index (χ1v) is 21.1. The fourth-order valence-electron chi connectivity index (χ4n) is 10.3. The molecule has 286 valence electrons. The molecule has 0 aliphatic heterocycles. The van der Waals surface area contributed by atoms with E-state index < -0.39 is 5.41 Å². The fraction of sp³-hybridized carbons (Fsp3) is 0.0169. The third kappa shape index (κ3) is 5.36. The van der Waals surface area contributed by atoms with E-state index in [4.69, 9.17) is 0 Å². The molecule has 0 radical (unpaired) electrons. The van der Waals surface area contributed by atoms with Crippen LogP contribution < -0.4 is 4.90 Å². The predicted octanol–water partition coefficient (Wildman–Crippen LogP) is 15.4. The van der Waals surface area contributed by atoms with Crippen molar-refractivity contribution in [2.75, 3.05) is 4.90 Å². The first-order valence-electron chi connectivity index (χ1n) is 21.1. The van der Waals surface area contributed by atoms with Crippen LogP contribution in [-0.2, 0) is 5.41 Å². The first-order chi connectivity index (χ1) is 30.3. The van der Waals surface area contributed by atoms with Gasteiger partial charge in [0.25, 0.3) is 0 Å². The summed E-state index contributed by atoms with van der Waals surface area (Å²) in [5.41, 5.74) is 18.9. The number of hydrogen-bond acceptors (Lipinski definition) is 1. The van der Waals surface area contributed by atoms with Crippen molar-refractivity contribution >= 4 is 44.4 Å². The highest BCUT2D eigenvalue weighted by molar-refractivity contribution is 6.10. The number of nitrogens with zero attached hydrogens (tertiary/aromatic N) is 2. The summed E-state index contributed by atoms with van der Waals surface area (Å²) in [7, 11) is 0. The third-order valence-corrected chi connectivity index (χ3v) is 12.8.